The smallest absolute Gasteiger partial charge is 0.349 e. The lowest BCUT2D eigenvalue weighted by Gasteiger charge is -2.11. The normalized spacial score (nSPS) is 11.2. The van der Waals surface area contributed by atoms with Crippen molar-refractivity contribution in [3.63, 3.8) is 0 Å². The molecule has 0 amide bonds. The second-order valence-electron chi connectivity index (χ2n) is 3.90. The fraction of sp³-hybridized carbons (Fsp3) is 0.333. The van der Waals surface area contributed by atoms with E-state index in [9.17, 15) is 4.79 Å². The van der Waals surface area contributed by atoms with Crippen molar-refractivity contribution in [2.24, 2.45) is 0 Å². The monoisotopic (exact) mass is 275 g/mol. The molecule has 0 spiro atoms. The SMILES string of the molecule is CCOC(=O)C(C#N)=C(C)c1ccc(OC)c(OC)c1. The molecule has 0 aliphatic rings. The summed E-state index contributed by atoms with van der Waals surface area (Å²) in [6.07, 6.45) is 0. The van der Waals surface area contributed by atoms with Gasteiger partial charge in [-0.05, 0) is 37.1 Å². The molecule has 0 unspecified atom stereocenters. The first kappa shape index (κ1) is 15.6. The summed E-state index contributed by atoms with van der Waals surface area (Å²) in [6, 6.07) is 7.07. The highest BCUT2D eigenvalue weighted by atomic mass is 16.5. The van der Waals surface area contributed by atoms with Crippen molar-refractivity contribution in [1.29, 1.82) is 5.26 Å². The Labute approximate surface area is 118 Å². The van der Waals surface area contributed by atoms with Gasteiger partial charge >= 0.3 is 5.97 Å². The molecule has 0 N–H and O–H groups in total. The fourth-order valence-corrected chi connectivity index (χ4v) is 1.70. The van der Waals surface area contributed by atoms with E-state index in [-0.39, 0.29) is 12.2 Å². The van der Waals surface area contributed by atoms with Gasteiger partial charge in [-0.3, -0.25) is 0 Å². The van der Waals surface area contributed by atoms with Gasteiger partial charge in [0.25, 0.3) is 0 Å². The molecule has 0 atom stereocenters. The van der Waals surface area contributed by atoms with Crippen LogP contribution in [0, 0.1) is 11.3 Å². The van der Waals surface area contributed by atoms with Crippen LogP contribution in [0.15, 0.2) is 23.8 Å². The van der Waals surface area contributed by atoms with Crippen LogP contribution in [0.4, 0.5) is 0 Å². The van der Waals surface area contributed by atoms with E-state index in [1.807, 2.05) is 6.07 Å². The minimum absolute atomic E-state index is 0.0148. The van der Waals surface area contributed by atoms with Gasteiger partial charge in [0.15, 0.2) is 11.5 Å². The van der Waals surface area contributed by atoms with Gasteiger partial charge in [0.05, 0.1) is 20.8 Å². The third kappa shape index (κ3) is 3.29. The summed E-state index contributed by atoms with van der Waals surface area (Å²) in [5.74, 6) is 0.492. The Morgan fingerprint density at radius 1 is 1.25 bits per heavy atom. The Morgan fingerprint density at radius 2 is 1.90 bits per heavy atom. The Kier molecular flexibility index (Phi) is 5.60. The first-order chi connectivity index (χ1) is 9.58. The Bertz CT molecular complexity index is 570. The molecule has 0 aliphatic heterocycles. The number of hydrogen-bond acceptors (Lipinski definition) is 5. The topological polar surface area (TPSA) is 68.6 Å². The quantitative estimate of drug-likeness (QED) is 0.469. The molecule has 1 rings (SSSR count). The summed E-state index contributed by atoms with van der Waals surface area (Å²) in [4.78, 5) is 11.7. The largest absolute Gasteiger partial charge is 0.493 e. The van der Waals surface area contributed by atoms with E-state index in [1.165, 1.54) is 7.11 Å². The van der Waals surface area contributed by atoms with E-state index in [4.69, 9.17) is 19.5 Å². The fourth-order valence-electron chi connectivity index (χ4n) is 1.70. The van der Waals surface area contributed by atoms with Crippen molar-refractivity contribution >= 4 is 11.5 Å². The Morgan fingerprint density at radius 3 is 2.40 bits per heavy atom. The average Bonchev–Trinajstić information content (AvgIpc) is 2.47. The zero-order valence-electron chi connectivity index (χ0n) is 12.0. The van der Waals surface area contributed by atoms with Gasteiger partial charge in [0, 0.05) is 0 Å². The summed E-state index contributed by atoms with van der Waals surface area (Å²) >= 11 is 0. The minimum atomic E-state index is -0.623. The molecule has 0 heterocycles. The van der Waals surface area contributed by atoms with Crippen LogP contribution in [-0.2, 0) is 9.53 Å². The number of hydrogen-bond donors (Lipinski definition) is 0. The molecule has 106 valence electrons. The highest BCUT2D eigenvalue weighted by Gasteiger charge is 2.16. The summed E-state index contributed by atoms with van der Waals surface area (Å²) in [5.41, 5.74) is 1.22. The van der Waals surface area contributed by atoms with E-state index < -0.39 is 5.97 Å². The third-order valence-electron chi connectivity index (χ3n) is 2.78. The van der Waals surface area contributed by atoms with E-state index in [0.717, 1.165) is 0 Å². The molecule has 5 nitrogen and oxygen atoms in total. The third-order valence-corrected chi connectivity index (χ3v) is 2.78. The standard InChI is InChI=1S/C15H17NO4/c1-5-20-15(17)12(9-16)10(2)11-6-7-13(18-3)14(8-11)19-4/h6-8H,5H2,1-4H3. The predicted octanol–water partition coefficient (Wildman–Crippen LogP) is 2.56. The molecule has 0 saturated carbocycles. The maximum Gasteiger partial charge on any atom is 0.349 e. The second-order valence-corrected chi connectivity index (χ2v) is 3.90. The van der Waals surface area contributed by atoms with Crippen molar-refractivity contribution in [2.75, 3.05) is 20.8 Å². The molecule has 0 aromatic heterocycles. The molecule has 1 aromatic carbocycles. The summed E-state index contributed by atoms with van der Waals surface area (Å²) < 4.78 is 15.2. The maximum atomic E-state index is 11.7. The van der Waals surface area contributed by atoms with Crippen LogP contribution in [0.3, 0.4) is 0 Å². The number of esters is 1. The van der Waals surface area contributed by atoms with Gasteiger partial charge in [-0.1, -0.05) is 6.07 Å². The second kappa shape index (κ2) is 7.19. The lowest BCUT2D eigenvalue weighted by atomic mass is 10.0. The molecule has 5 heteroatoms. The molecular formula is C15H17NO4. The van der Waals surface area contributed by atoms with Crippen molar-refractivity contribution in [3.8, 4) is 17.6 Å². The zero-order valence-corrected chi connectivity index (χ0v) is 12.0. The minimum Gasteiger partial charge on any atom is -0.493 e. The van der Waals surface area contributed by atoms with Gasteiger partial charge in [-0.15, -0.1) is 0 Å². The molecule has 0 fully saturated rings. The molecular weight excluding hydrogens is 258 g/mol. The van der Waals surface area contributed by atoms with Gasteiger partial charge in [0.2, 0.25) is 0 Å². The summed E-state index contributed by atoms with van der Waals surface area (Å²) in [7, 11) is 3.07. The lowest BCUT2D eigenvalue weighted by molar-refractivity contribution is -0.137. The van der Waals surface area contributed by atoms with Crippen LogP contribution < -0.4 is 9.47 Å². The molecule has 0 saturated heterocycles. The molecule has 0 aliphatic carbocycles. The van der Waals surface area contributed by atoms with Crippen LogP contribution in [-0.4, -0.2) is 26.8 Å². The number of carbonyl (C=O) groups is 1. The van der Waals surface area contributed by atoms with E-state index in [1.54, 1.807) is 39.2 Å². The molecule has 0 bridgehead atoms. The van der Waals surface area contributed by atoms with Crippen molar-refractivity contribution in [2.45, 2.75) is 13.8 Å². The first-order valence-corrected chi connectivity index (χ1v) is 6.09. The summed E-state index contributed by atoms with van der Waals surface area (Å²) in [6.45, 7) is 3.61. The van der Waals surface area contributed by atoms with Crippen molar-refractivity contribution in [1.82, 2.24) is 0 Å². The van der Waals surface area contributed by atoms with Gasteiger partial charge in [-0.2, -0.15) is 5.26 Å². The molecule has 20 heavy (non-hydrogen) atoms. The predicted molar refractivity (Wildman–Crippen MR) is 74.4 cm³/mol. The Balaban J connectivity index is 3.28. The van der Waals surface area contributed by atoms with Crippen molar-refractivity contribution < 1.29 is 19.0 Å². The van der Waals surface area contributed by atoms with E-state index >= 15 is 0 Å². The number of carbonyl (C=O) groups excluding carboxylic acids is 1. The van der Waals surface area contributed by atoms with Crippen LogP contribution >= 0.6 is 0 Å². The number of ether oxygens (including phenoxy) is 3. The number of nitriles is 1. The lowest BCUT2D eigenvalue weighted by Crippen LogP contribution is -2.08. The van der Waals surface area contributed by atoms with Crippen molar-refractivity contribution in [3.05, 3.63) is 29.3 Å². The van der Waals surface area contributed by atoms with Crippen LogP contribution in [0.5, 0.6) is 11.5 Å². The number of allylic oxidation sites excluding steroid dienone is 1. The van der Waals surface area contributed by atoms with Gasteiger partial charge in [0.1, 0.15) is 11.6 Å². The number of nitrogens with zero attached hydrogens (tertiary/aromatic N) is 1. The number of methoxy groups -OCH3 is 2. The van der Waals surface area contributed by atoms with Gasteiger partial charge < -0.3 is 14.2 Å². The highest BCUT2D eigenvalue weighted by molar-refractivity contribution is 6.01. The number of benzene rings is 1. The van der Waals surface area contributed by atoms with Gasteiger partial charge in [-0.25, -0.2) is 4.79 Å². The molecule has 0 radical (unpaired) electrons. The van der Waals surface area contributed by atoms with Crippen LogP contribution in [0.1, 0.15) is 19.4 Å². The van der Waals surface area contributed by atoms with Crippen LogP contribution in [0.25, 0.3) is 5.57 Å². The van der Waals surface area contributed by atoms with E-state index in [0.29, 0.717) is 22.6 Å². The summed E-state index contributed by atoms with van der Waals surface area (Å²) in [5, 5.41) is 9.12. The average molecular weight is 275 g/mol. The number of rotatable bonds is 5. The molecule has 1 aromatic rings. The van der Waals surface area contributed by atoms with E-state index in [2.05, 4.69) is 0 Å². The first-order valence-electron chi connectivity index (χ1n) is 6.09. The van der Waals surface area contributed by atoms with Crippen LogP contribution in [0.2, 0.25) is 0 Å². The Hall–Kier alpha value is -2.48. The zero-order chi connectivity index (χ0) is 15.1. The maximum absolute atomic E-state index is 11.7. The highest BCUT2D eigenvalue weighted by Crippen LogP contribution is 2.31.